The Morgan fingerprint density at radius 1 is 1.03 bits per heavy atom. The van der Waals surface area contributed by atoms with Crippen LogP contribution in [0.1, 0.15) is 57.6 Å². The van der Waals surface area contributed by atoms with Crippen molar-refractivity contribution in [2.75, 3.05) is 10.2 Å². The third-order valence-electron chi connectivity index (χ3n) is 7.05. The lowest BCUT2D eigenvalue weighted by molar-refractivity contribution is -0.137. The van der Waals surface area contributed by atoms with Crippen molar-refractivity contribution in [2.45, 2.75) is 65.1 Å². The normalized spacial score (nSPS) is 23.7. The topological polar surface area (TPSA) is 27.6 Å². The van der Waals surface area contributed by atoms with Crippen LogP contribution in [0, 0.1) is 18.3 Å². The maximum atomic E-state index is 13.3. The number of alkyl halides is 3. The molecule has 1 N–H and O–H groups in total. The molecule has 2 aromatic rings. The second kappa shape index (κ2) is 8.42. The SMILES string of the molecule is Cc1ccc(N2C(=S)N=C(Nc3cccc(C(F)(F)F)c3)C23CCC(C(C)(C)C)CC3)cc1. The molecule has 0 atom stereocenters. The predicted molar refractivity (Wildman–Crippen MR) is 133 cm³/mol. The van der Waals surface area contributed by atoms with Gasteiger partial charge in [0.25, 0.3) is 0 Å². The Balaban J connectivity index is 1.71. The summed E-state index contributed by atoms with van der Waals surface area (Å²) in [6.07, 6.45) is -0.752. The van der Waals surface area contributed by atoms with Crippen LogP contribution >= 0.6 is 12.2 Å². The van der Waals surface area contributed by atoms with E-state index in [9.17, 15) is 13.2 Å². The minimum atomic E-state index is -4.40. The Bertz CT molecular complexity index is 1060. The van der Waals surface area contributed by atoms with Gasteiger partial charge < -0.3 is 10.2 Å². The van der Waals surface area contributed by atoms with E-state index < -0.39 is 17.3 Å². The molecule has 2 aromatic carbocycles. The number of benzene rings is 2. The van der Waals surface area contributed by atoms with Crippen molar-refractivity contribution in [1.29, 1.82) is 0 Å². The van der Waals surface area contributed by atoms with Crippen molar-refractivity contribution in [2.24, 2.45) is 16.3 Å². The summed E-state index contributed by atoms with van der Waals surface area (Å²) >= 11 is 5.71. The molecule has 1 spiro atoms. The number of aryl methyl sites for hydroxylation is 1. The zero-order valence-corrected chi connectivity index (χ0v) is 20.3. The van der Waals surface area contributed by atoms with Gasteiger partial charge in [0, 0.05) is 11.4 Å². The number of nitrogens with zero attached hydrogens (tertiary/aromatic N) is 2. The summed E-state index contributed by atoms with van der Waals surface area (Å²) in [7, 11) is 0. The van der Waals surface area contributed by atoms with Gasteiger partial charge in [-0.1, -0.05) is 44.5 Å². The van der Waals surface area contributed by atoms with Crippen molar-refractivity contribution >= 4 is 34.5 Å². The summed E-state index contributed by atoms with van der Waals surface area (Å²) in [4.78, 5) is 6.81. The Kier molecular flexibility index (Phi) is 6.06. The monoisotopic (exact) mass is 473 g/mol. The average molecular weight is 474 g/mol. The maximum Gasteiger partial charge on any atom is 0.416 e. The summed E-state index contributed by atoms with van der Waals surface area (Å²) in [5, 5.41) is 3.68. The van der Waals surface area contributed by atoms with Gasteiger partial charge in [-0.05, 0) is 86.5 Å². The molecule has 1 aliphatic carbocycles. The highest BCUT2D eigenvalue weighted by Crippen LogP contribution is 2.48. The lowest BCUT2D eigenvalue weighted by atomic mass is 9.66. The Hall–Kier alpha value is -2.41. The molecule has 1 saturated carbocycles. The van der Waals surface area contributed by atoms with Gasteiger partial charge in [-0.3, -0.25) is 0 Å². The minimum absolute atomic E-state index is 0.196. The van der Waals surface area contributed by atoms with Crippen molar-refractivity contribution in [3.63, 3.8) is 0 Å². The highest BCUT2D eigenvalue weighted by molar-refractivity contribution is 7.80. The van der Waals surface area contributed by atoms with Crippen LogP contribution in [0.4, 0.5) is 24.5 Å². The molecule has 7 heteroatoms. The molecule has 0 amide bonds. The van der Waals surface area contributed by atoms with Crippen LogP contribution in [0.5, 0.6) is 0 Å². The van der Waals surface area contributed by atoms with Crippen LogP contribution < -0.4 is 10.2 Å². The smallest absolute Gasteiger partial charge is 0.342 e. The molecule has 0 aromatic heterocycles. The first kappa shape index (κ1) is 23.7. The number of hydrogen-bond donors (Lipinski definition) is 1. The fourth-order valence-corrected chi connectivity index (χ4v) is 5.44. The van der Waals surface area contributed by atoms with Crippen LogP contribution in [0.3, 0.4) is 0 Å². The van der Waals surface area contributed by atoms with Crippen molar-refractivity contribution in [1.82, 2.24) is 0 Å². The number of nitrogens with one attached hydrogen (secondary N) is 1. The molecule has 0 bridgehead atoms. The Morgan fingerprint density at radius 3 is 2.24 bits per heavy atom. The van der Waals surface area contributed by atoms with E-state index in [4.69, 9.17) is 17.2 Å². The van der Waals surface area contributed by atoms with E-state index >= 15 is 0 Å². The van der Waals surface area contributed by atoms with Gasteiger partial charge in [0.15, 0.2) is 0 Å². The highest BCUT2D eigenvalue weighted by Gasteiger charge is 2.51. The van der Waals surface area contributed by atoms with E-state index in [1.165, 1.54) is 6.07 Å². The van der Waals surface area contributed by atoms with Crippen LogP contribution in [0.2, 0.25) is 0 Å². The second-order valence-corrected chi connectivity index (χ2v) is 10.7. The molecule has 1 heterocycles. The molecule has 0 unspecified atom stereocenters. The quantitative estimate of drug-likeness (QED) is 0.455. The zero-order valence-electron chi connectivity index (χ0n) is 19.5. The standard InChI is InChI=1S/C26H30F3N3S/c1-17-8-10-21(11-9-17)32-23(33)31-22(25(32)14-12-18(13-15-25)24(2,3)4)30-20-7-5-6-19(16-20)26(27,28)29/h5-11,16,18H,12-15H2,1-4H3,(H,30,31,33). The minimum Gasteiger partial charge on any atom is -0.342 e. The van der Waals surface area contributed by atoms with Crippen molar-refractivity contribution < 1.29 is 13.2 Å². The van der Waals surface area contributed by atoms with E-state index in [-0.39, 0.29) is 5.41 Å². The first-order valence-electron chi connectivity index (χ1n) is 11.3. The average Bonchev–Trinajstić information content (AvgIpc) is 2.98. The van der Waals surface area contributed by atoms with E-state index in [2.05, 4.69) is 31.0 Å². The van der Waals surface area contributed by atoms with Gasteiger partial charge in [0.1, 0.15) is 11.4 Å². The first-order chi connectivity index (χ1) is 15.4. The Labute approximate surface area is 199 Å². The maximum absolute atomic E-state index is 13.3. The molecule has 1 aliphatic heterocycles. The zero-order chi connectivity index (χ0) is 24.0. The number of aliphatic imine (C=N–C) groups is 1. The molecule has 33 heavy (non-hydrogen) atoms. The van der Waals surface area contributed by atoms with E-state index in [0.29, 0.717) is 22.6 Å². The van der Waals surface area contributed by atoms with Gasteiger partial charge >= 0.3 is 6.18 Å². The fourth-order valence-electron chi connectivity index (χ4n) is 5.07. The lowest BCUT2D eigenvalue weighted by Crippen LogP contribution is -2.56. The summed E-state index contributed by atoms with van der Waals surface area (Å²) in [6.45, 7) is 8.83. The van der Waals surface area contributed by atoms with Crippen LogP contribution in [0.15, 0.2) is 53.5 Å². The predicted octanol–water partition coefficient (Wildman–Crippen LogP) is 7.60. The first-order valence-corrected chi connectivity index (χ1v) is 11.8. The van der Waals surface area contributed by atoms with E-state index in [0.717, 1.165) is 49.1 Å². The van der Waals surface area contributed by atoms with Crippen LogP contribution in [-0.4, -0.2) is 16.5 Å². The number of amidine groups is 1. The molecule has 2 aliphatic rings. The summed E-state index contributed by atoms with van der Waals surface area (Å²) < 4.78 is 39.8. The number of thiocarbonyl (C=S) groups is 1. The van der Waals surface area contributed by atoms with Gasteiger partial charge in [-0.25, -0.2) is 4.99 Å². The molecule has 4 rings (SSSR count). The van der Waals surface area contributed by atoms with E-state index in [1.807, 2.05) is 31.2 Å². The number of hydrogen-bond acceptors (Lipinski definition) is 2. The molecule has 176 valence electrons. The highest BCUT2D eigenvalue weighted by atomic mass is 32.1. The molecular weight excluding hydrogens is 443 g/mol. The second-order valence-electron chi connectivity index (χ2n) is 10.3. The van der Waals surface area contributed by atoms with Gasteiger partial charge in [-0.2, -0.15) is 13.2 Å². The summed E-state index contributed by atoms with van der Waals surface area (Å²) in [5.74, 6) is 1.20. The summed E-state index contributed by atoms with van der Waals surface area (Å²) in [6, 6.07) is 13.5. The molecule has 0 radical (unpaired) electrons. The van der Waals surface area contributed by atoms with E-state index in [1.54, 1.807) is 6.07 Å². The number of rotatable bonds is 2. The van der Waals surface area contributed by atoms with Gasteiger partial charge in [0.2, 0.25) is 5.11 Å². The lowest BCUT2D eigenvalue weighted by Gasteiger charge is -2.47. The van der Waals surface area contributed by atoms with Crippen LogP contribution in [0.25, 0.3) is 0 Å². The van der Waals surface area contributed by atoms with Crippen molar-refractivity contribution in [3.05, 3.63) is 59.7 Å². The Morgan fingerprint density at radius 2 is 1.67 bits per heavy atom. The van der Waals surface area contributed by atoms with Crippen molar-refractivity contribution in [3.8, 4) is 0 Å². The van der Waals surface area contributed by atoms with Gasteiger partial charge in [0.05, 0.1) is 5.56 Å². The largest absolute Gasteiger partial charge is 0.416 e. The number of anilines is 2. The molecule has 3 nitrogen and oxygen atoms in total. The molecular formula is C26H30F3N3S. The number of halogens is 3. The third-order valence-corrected chi connectivity index (χ3v) is 7.32. The summed E-state index contributed by atoms with van der Waals surface area (Å²) in [5.41, 5.74) is 1.50. The van der Waals surface area contributed by atoms with Crippen LogP contribution in [-0.2, 0) is 6.18 Å². The fraction of sp³-hybridized carbons (Fsp3) is 0.462. The third kappa shape index (κ3) is 4.65. The molecule has 1 fully saturated rings. The molecule has 0 saturated heterocycles. The van der Waals surface area contributed by atoms with Gasteiger partial charge in [-0.15, -0.1) is 0 Å².